The minimum atomic E-state index is -0.792. The van der Waals surface area contributed by atoms with E-state index in [-0.39, 0.29) is 18.2 Å². The van der Waals surface area contributed by atoms with Crippen LogP contribution < -0.4 is 15.0 Å². The number of carbonyl (C=O) groups is 2. The first kappa shape index (κ1) is 18.0. The van der Waals surface area contributed by atoms with Crippen LogP contribution in [0.2, 0.25) is 0 Å². The van der Waals surface area contributed by atoms with Crippen molar-refractivity contribution >= 4 is 17.5 Å². The Balaban J connectivity index is 1.65. The lowest BCUT2D eigenvalue weighted by Crippen LogP contribution is -2.49. The predicted octanol–water partition coefficient (Wildman–Crippen LogP) is 2.56. The average molecular weight is 357 g/mol. The molecule has 1 aromatic heterocycles. The second kappa shape index (κ2) is 8.03. The third-order valence-electron chi connectivity index (χ3n) is 4.38. The van der Waals surface area contributed by atoms with Gasteiger partial charge in [-0.15, -0.1) is 0 Å². The van der Waals surface area contributed by atoms with E-state index in [1.165, 1.54) is 4.90 Å². The number of likely N-dealkylation sites (N-methyl/N-ethyl adjacent to an activating group) is 1. The normalized spacial score (nSPS) is 16.6. The van der Waals surface area contributed by atoms with Gasteiger partial charge in [0.05, 0.1) is 5.69 Å². The molecule has 1 aromatic carbocycles. The zero-order valence-electron chi connectivity index (χ0n) is 15.0. The predicted molar refractivity (Wildman–Crippen MR) is 96.3 cm³/mol. The van der Waals surface area contributed by atoms with Gasteiger partial charge in [-0.25, -0.2) is 0 Å². The van der Waals surface area contributed by atoms with Crippen LogP contribution >= 0.6 is 0 Å². The Morgan fingerprint density at radius 3 is 2.96 bits per heavy atom. The smallest absolute Gasteiger partial charge is 0.274 e. The number of rotatable bonds is 6. The van der Waals surface area contributed by atoms with Gasteiger partial charge in [0.15, 0.2) is 5.69 Å². The van der Waals surface area contributed by atoms with Gasteiger partial charge in [-0.2, -0.15) is 0 Å². The maximum atomic E-state index is 12.6. The van der Waals surface area contributed by atoms with Gasteiger partial charge in [-0.05, 0) is 18.6 Å². The van der Waals surface area contributed by atoms with Crippen LogP contribution in [-0.2, 0) is 11.2 Å². The fourth-order valence-corrected chi connectivity index (χ4v) is 2.88. The first-order valence-electron chi connectivity index (χ1n) is 8.86. The zero-order chi connectivity index (χ0) is 18.5. The number of unbranched alkanes of at least 4 members (excludes halogenated alkanes) is 2. The molecule has 3 rings (SSSR count). The van der Waals surface area contributed by atoms with E-state index in [1.807, 2.05) is 12.1 Å². The van der Waals surface area contributed by atoms with Crippen LogP contribution in [0.4, 0.5) is 5.69 Å². The number of anilines is 1. The first-order chi connectivity index (χ1) is 12.6. The molecule has 0 aliphatic carbocycles. The van der Waals surface area contributed by atoms with Crippen molar-refractivity contribution in [2.75, 3.05) is 18.6 Å². The monoisotopic (exact) mass is 357 g/mol. The van der Waals surface area contributed by atoms with Crippen molar-refractivity contribution in [2.45, 2.75) is 38.6 Å². The number of nitrogens with zero attached hydrogens (tertiary/aromatic N) is 2. The maximum Gasteiger partial charge on any atom is 0.274 e. The topological polar surface area (TPSA) is 84.7 Å². The Morgan fingerprint density at radius 2 is 2.15 bits per heavy atom. The van der Waals surface area contributed by atoms with Crippen LogP contribution in [-0.4, -0.2) is 36.7 Å². The Labute approximate surface area is 152 Å². The van der Waals surface area contributed by atoms with Gasteiger partial charge in [0.25, 0.3) is 11.8 Å². The van der Waals surface area contributed by atoms with Crippen LogP contribution in [0.5, 0.6) is 5.75 Å². The fraction of sp³-hybridized carbons (Fsp3) is 0.421. The molecule has 0 saturated carbocycles. The van der Waals surface area contributed by atoms with E-state index >= 15 is 0 Å². The van der Waals surface area contributed by atoms with Crippen LogP contribution in [0.3, 0.4) is 0 Å². The number of benzene rings is 1. The second-order valence-corrected chi connectivity index (χ2v) is 6.34. The van der Waals surface area contributed by atoms with Gasteiger partial charge in [0.1, 0.15) is 24.2 Å². The Kier molecular flexibility index (Phi) is 5.55. The quantitative estimate of drug-likeness (QED) is 0.803. The number of fused-ring (bicyclic) bond motifs is 1. The molecule has 1 aliphatic heterocycles. The Morgan fingerprint density at radius 1 is 1.35 bits per heavy atom. The number of nitrogens with one attached hydrogen (secondary N) is 1. The highest BCUT2D eigenvalue weighted by Gasteiger charge is 2.31. The van der Waals surface area contributed by atoms with E-state index in [2.05, 4.69) is 17.4 Å². The molecule has 2 amide bonds. The number of carbonyl (C=O) groups excluding carboxylic acids is 2. The summed E-state index contributed by atoms with van der Waals surface area (Å²) in [6, 6.07) is 8.11. The highest BCUT2D eigenvalue weighted by Crippen LogP contribution is 2.29. The molecule has 26 heavy (non-hydrogen) atoms. The molecule has 0 saturated heterocycles. The van der Waals surface area contributed by atoms with Gasteiger partial charge >= 0.3 is 0 Å². The summed E-state index contributed by atoms with van der Waals surface area (Å²) in [5.74, 6) is 0.600. The van der Waals surface area contributed by atoms with Crippen molar-refractivity contribution in [1.29, 1.82) is 0 Å². The molecule has 2 heterocycles. The highest BCUT2D eigenvalue weighted by molar-refractivity contribution is 6.02. The molecule has 1 N–H and O–H groups in total. The van der Waals surface area contributed by atoms with Gasteiger partial charge in [-0.1, -0.05) is 37.1 Å². The van der Waals surface area contributed by atoms with Crippen molar-refractivity contribution < 1.29 is 18.8 Å². The third kappa shape index (κ3) is 3.87. The molecular formula is C19H23N3O4. The maximum absolute atomic E-state index is 12.6. The highest BCUT2D eigenvalue weighted by atomic mass is 16.5. The molecule has 1 aliphatic rings. The molecule has 0 unspecified atom stereocenters. The molecule has 2 aromatic rings. The van der Waals surface area contributed by atoms with Gasteiger partial charge in [0.2, 0.25) is 0 Å². The molecule has 7 nitrogen and oxygen atoms in total. The van der Waals surface area contributed by atoms with E-state index in [4.69, 9.17) is 9.26 Å². The number of amides is 2. The summed E-state index contributed by atoms with van der Waals surface area (Å²) < 4.78 is 10.9. The molecule has 0 radical (unpaired) electrons. The minimum absolute atomic E-state index is 0.0626. The first-order valence-corrected chi connectivity index (χ1v) is 8.86. The molecule has 7 heteroatoms. The summed E-state index contributed by atoms with van der Waals surface area (Å²) >= 11 is 0. The summed E-state index contributed by atoms with van der Waals surface area (Å²) in [6.45, 7) is 2.19. The van der Waals surface area contributed by atoms with E-state index in [0.717, 1.165) is 25.7 Å². The van der Waals surface area contributed by atoms with Crippen molar-refractivity contribution in [3.8, 4) is 5.75 Å². The van der Waals surface area contributed by atoms with E-state index in [9.17, 15) is 9.59 Å². The van der Waals surface area contributed by atoms with Crippen LogP contribution in [0, 0.1) is 0 Å². The van der Waals surface area contributed by atoms with Gasteiger partial charge < -0.3 is 19.5 Å². The largest absolute Gasteiger partial charge is 0.489 e. The lowest BCUT2D eigenvalue weighted by atomic mass is 10.1. The zero-order valence-corrected chi connectivity index (χ0v) is 15.0. The molecule has 0 spiro atoms. The van der Waals surface area contributed by atoms with E-state index in [0.29, 0.717) is 17.2 Å². The summed E-state index contributed by atoms with van der Waals surface area (Å²) in [4.78, 5) is 26.6. The van der Waals surface area contributed by atoms with Crippen molar-refractivity contribution in [3.63, 3.8) is 0 Å². The number of aryl methyl sites for hydroxylation is 1. The van der Waals surface area contributed by atoms with Crippen LogP contribution in [0.15, 0.2) is 34.9 Å². The number of hydrogen-bond acceptors (Lipinski definition) is 5. The number of hydrogen-bond donors (Lipinski definition) is 1. The molecular weight excluding hydrogens is 334 g/mol. The Hall–Kier alpha value is -2.83. The molecule has 0 bridgehead atoms. The van der Waals surface area contributed by atoms with E-state index in [1.54, 1.807) is 25.2 Å². The third-order valence-corrected chi connectivity index (χ3v) is 4.38. The summed E-state index contributed by atoms with van der Waals surface area (Å²) in [5, 5.41) is 6.51. The van der Waals surface area contributed by atoms with Gasteiger partial charge in [-0.3, -0.25) is 9.59 Å². The average Bonchev–Trinajstić information content (AvgIpc) is 3.09. The van der Waals surface area contributed by atoms with Crippen LogP contribution in [0.1, 0.15) is 42.4 Å². The summed E-state index contributed by atoms with van der Waals surface area (Å²) in [7, 11) is 1.66. The van der Waals surface area contributed by atoms with Crippen LogP contribution in [0.25, 0.3) is 0 Å². The van der Waals surface area contributed by atoms with Crippen molar-refractivity contribution in [1.82, 2.24) is 10.5 Å². The number of para-hydroxylation sites is 2. The van der Waals surface area contributed by atoms with E-state index < -0.39 is 11.9 Å². The lowest BCUT2D eigenvalue weighted by molar-refractivity contribution is -0.120. The minimum Gasteiger partial charge on any atom is -0.489 e. The molecule has 0 fully saturated rings. The SMILES string of the molecule is CCCCCc1cc(C(=O)N[C@H]2COc3ccccc3N(C)C2=O)no1. The van der Waals surface area contributed by atoms with Gasteiger partial charge in [0, 0.05) is 19.5 Å². The number of ether oxygens (including phenoxy) is 1. The summed E-state index contributed by atoms with van der Waals surface area (Å²) in [5.41, 5.74) is 0.850. The number of aromatic nitrogens is 1. The lowest BCUT2D eigenvalue weighted by Gasteiger charge is -2.19. The standard InChI is InChI=1S/C19H23N3O4/c1-3-4-5-8-13-11-14(21-26-13)18(23)20-15-12-25-17-10-7-6-9-16(17)22(2)19(15)24/h6-7,9-11,15H,3-5,8,12H2,1-2H3,(H,20,23)/t15-/m0/s1. The Bertz CT molecular complexity index is 787. The molecule has 1 atom stereocenters. The fourth-order valence-electron chi connectivity index (χ4n) is 2.88. The summed E-state index contributed by atoms with van der Waals surface area (Å²) in [6.07, 6.45) is 3.95. The second-order valence-electron chi connectivity index (χ2n) is 6.34. The van der Waals surface area contributed by atoms with Crippen molar-refractivity contribution in [2.24, 2.45) is 0 Å². The van der Waals surface area contributed by atoms with Crippen molar-refractivity contribution in [3.05, 3.63) is 41.8 Å². The molecule has 138 valence electrons.